The third-order valence-corrected chi connectivity index (χ3v) is 4.57. The van der Waals surface area contributed by atoms with Gasteiger partial charge < -0.3 is 0 Å². The Kier molecular flexibility index (Phi) is 4.23. The molecule has 1 unspecified atom stereocenters. The standard InChI is InChI=1S/C15H13Br2F/c1-9-3-4-11(7-10(9)2)15(17)13-8-12(16)5-6-14(13)18/h3-8,15H,1-2H3. The van der Waals surface area contributed by atoms with Gasteiger partial charge in [-0.1, -0.05) is 50.1 Å². The van der Waals surface area contributed by atoms with Crippen molar-refractivity contribution in [3.8, 4) is 0 Å². The second-order valence-electron chi connectivity index (χ2n) is 4.37. The van der Waals surface area contributed by atoms with Gasteiger partial charge in [0.15, 0.2) is 0 Å². The van der Waals surface area contributed by atoms with Gasteiger partial charge in [0.05, 0.1) is 4.83 Å². The number of rotatable bonds is 2. The molecule has 0 spiro atoms. The molecule has 94 valence electrons. The number of alkyl halides is 1. The molecular weight excluding hydrogens is 359 g/mol. The largest absolute Gasteiger partial charge is 0.207 e. The Hall–Kier alpha value is -0.670. The summed E-state index contributed by atoms with van der Waals surface area (Å²) in [5, 5.41) is 0. The van der Waals surface area contributed by atoms with E-state index in [1.807, 2.05) is 12.1 Å². The fourth-order valence-corrected chi connectivity index (χ4v) is 2.83. The molecule has 3 heteroatoms. The van der Waals surface area contributed by atoms with Crippen LogP contribution in [0.4, 0.5) is 4.39 Å². The Morgan fingerprint density at radius 3 is 2.39 bits per heavy atom. The smallest absolute Gasteiger partial charge is 0.127 e. The number of hydrogen-bond donors (Lipinski definition) is 0. The average molecular weight is 372 g/mol. The van der Waals surface area contributed by atoms with Crippen LogP contribution < -0.4 is 0 Å². The maximum atomic E-state index is 13.8. The van der Waals surface area contributed by atoms with Gasteiger partial charge in [-0.05, 0) is 48.7 Å². The second-order valence-corrected chi connectivity index (χ2v) is 6.20. The molecule has 0 aliphatic heterocycles. The summed E-state index contributed by atoms with van der Waals surface area (Å²) in [5.74, 6) is -0.196. The number of halogens is 3. The molecule has 0 fully saturated rings. The average Bonchev–Trinajstić information content (AvgIpc) is 2.35. The quantitative estimate of drug-likeness (QED) is 0.595. The summed E-state index contributed by atoms with van der Waals surface area (Å²) >= 11 is 6.95. The Balaban J connectivity index is 2.44. The van der Waals surface area contributed by atoms with Crippen LogP contribution in [0.15, 0.2) is 40.9 Å². The molecule has 0 saturated carbocycles. The Morgan fingerprint density at radius 1 is 1.00 bits per heavy atom. The van der Waals surface area contributed by atoms with Crippen LogP contribution in [0.2, 0.25) is 0 Å². The number of benzene rings is 2. The Bertz CT molecular complexity index is 579. The molecule has 2 aromatic rings. The van der Waals surface area contributed by atoms with E-state index >= 15 is 0 Å². The molecule has 0 N–H and O–H groups in total. The van der Waals surface area contributed by atoms with Crippen LogP contribution in [-0.2, 0) is 0 Å². The van der Waals surface area contributed by atoms with E-state index in [4.69, 9.17) is 0 Å². The maximum absolute atomic E-state index is 13.8. The molecule has 0 radical (unpaired) electrons. The molecule has 0 aromatic heterocycles. The molecular formula is C15H13Br2F. The van der Waals surface area contributed by atoms with Gasteiger partial charge in [-0.2, -0.15) is 0 Å². The van der Waals surface area contributed by atoms with Crippen LogP contribution in [0.3, 0.4) is 0 Å². The molecule has 18 heavy (non-hydrogen) atoms. The molecule has 0 aliphatic carbocycles. The fourth-order valence-electron chi connectivity index (χ4n) is 1.81. The maximum Gasteiger partial charge on any atom is 0.127 e. The van der Waals surface area contributed by atoms with Gasteiger partial charge >= 0.3 is 0 Å². The van der Waals surface area contributed by atoms with E-state index in [0.717, 1.165) is 10.0 Å². The molecule has 1 atom stereocenters. The van der Waals surface area contributed by atoms with Gasteiger partial charge in [0.2, 0.25) is 0 Å². The normalized spacial score (nSPS) is 12.5. The lowest BCUT2D eigenvalue weighted by Gasteiger charge is -2.14. The summed E-state index contributed by atoms with van der Waals surface area (Å²) in [5.41, 5.74) is 4.17. The van der Waals surface area contributed by atoms with Crippen molar-refractivity contribution in [1.82, 2.24) is 0 Å². The first-order chi connectivity index (χ1) is 8.49. The van der Waals surface area contributed by atoms with Crippen molar-refractivity contribution in [3.63, 3.8) is 0 Å². The molecule has 0 bridgehead atoms. The van der Waals surface area contributed by atoms with Crippen molar-refractivity contribution in [3.05, 3.63) is 68.9 Å². The highest BCUT2D eigenvalue weighted by Crippen LogP contribution is 2.34. The van der Waals surface area contributed by atoms with Gasteiger partial charge in [0, 0.05) is 10.0 Å². The molecule has 0 amide bonds. The van der Waals surface area contributed by atoms with Crippen molar-refractivity contribution >= 4 is 31.9 Å². The number of hydrogen-bond acceptors (Lipinski definition) is 0. The van der Waals surface area contributed by atoms with Crippen molar-refractivity contribution in [2.75, 3.05) is 0 Å². The summed E-state index contributed by atoms with van der Waals surface area (Å²) < 4.78 is 14.7. The van der Waals surface area contributed by atoms with Crippen molar-refractivity contribution in [2.45, 2.75) is 18.7 Å². The molecule has 0 nitrogen and oxygen atoms in total. The summed E-state index contributed by atoms with van der Waals surface area (Å²) in [6, 6.07) is 11.2. The zero-order chi connectivity index (χ0) is 13.3. The van der Waals surface area contributed by atoms with Crippen LogP contribution in [0, 0.1) is 19.7 Å². The minimum Gasteiger partial charge on any atom is -0.207 e. The summed E-state index contributed by atoms with van der Waals surface area (Å²) in [7, 11) is 0. The molecule has 0 saturated heterocycles. The first-order valence-corrected chi connectivity index (χ1v) is 7.36. The minimum atomic E-state index is -0.196. The highest BCUT2D eigenvalue weighted by Gasteiger charge is 2.15. The van der Waals surface area contributed by atoms with Gasteiger partial charge in [0.25, 0.3) is 0 Å². The van der Waals surface area contributed by atoms with Crippen molar-refractivity contribution in [2.24, 2.45) is 0 Å². The van der Waals surface area contributed by atoms with Gasteiger partial charge in [-0.25, -0.2) is 4.39 Å². The molecule has 0 aliphatic rings. The van der Waals surface area contributed by atoms with E-state index in [0.29, 0.717) is 5.56 Å². The predicted molar refractivity (Wildman–Crippen MR) is 80.8 cm³/mol. The van der Waals surface area contributed by atoms with Crippen LogP contribution in [0.25, 0.3) is 0 Å². The van der Waals surface area contributed by atoms with Crippen LogP contribution in [0.5, 0.6) is 0 Å². The SMILES string of the molecule is Cc1ccc(C(Br)c2cc(Br)ccc2F)cc1C. The van der Waals surface area contributed by atoms with E-state index in [9.17, 15) is 4.39 Å². The Morgan fingerprint density at radius 2 is 1.72 bits per heavy atom. The van der Waals surface area contributed by atoms with Gasteiger partial charge in [-0.3, -0.25) is 0 Å². The molecule has 0 heterocycles. The number of aryl methyl sites for hydroxylation is 2. The zero-order valence-corrected chi connectivity index (χ0v) is 13.3. The lowest BCUT2D eigenvalue weighted by Crippen LogP contribution is -1.97. The van der Waals surface area contributed by atoms with E-state index in [1.165, 1.54) is 17.2 Å². The molecule has 2 rings (SSSR count). The van der Waals surface area contributed by atoms with Crippen LogP contribution in [-0.4, -0.2) is 0 Å². The van der Waals surface area contributed by atoms with Crippen LogP contribution >= 0.6 is 31.9 Å². The Labute approximate surface area is 123 Å². The lowest BCUT2D eigenvalue weighted by atomic mass is 10.00. The van der Waals surface area contributed by atoms with E-state index in [-0.39, 0.29) is 10.6 Å². The first kappa shape index (κ1) is 13.8. The van der Waals surface area contributed by atoms with Gasteiger partial charge in [0.1, 0.15) is 5.82 Å². The summed E-state index contributed by atoms with van der Waals surface area (Å²) in [6.45, 7) is 4.14. The topological polar surface area (TPSA) is 0 Å². The summed E-state index contributed by atoms with van der Waals surface area (Å²) in [6.07, 6.45) is 0. The van der Waals surface area contributed by atoms with E-state index < -0.39 is 0 Å². The third-order valence-electron chi connectivity index (χ3n) is 3.05. The third kappa shape index (κ3) is 2.83. The fraction of sp³-hybridized carbons (Fsp3) is 0.200. The first-order valence-electron chi connectivity index (χ1n) is 5.65. The highest BCUT2D eigenvalue weighted by molar-refractivity contribution is 9.10. The van der Waals surface area contributed by atoms with Crippen LogP contribution in [0.1, 0.15) is 27.1 Å². The predicted octanol–water partition coefficient (Wildman–Crippen LogP) is 5.69. The van der Waals surface area contributed by atoms with E-state index in [2.05, 4.69) is 57.8 Å². The second kappa shape index (κ2) is 5.54. The minimum absolute atomic E-state index is 0.130. The summed E-state index contributed by atoms with van der Waals surface area (Å²) in [4.78, 5) is -0.130. The van der Waals surface area contributed by atoms with Gasteiger partial charge in [-0.15, -0.1) is 0 Å². The lowest BCUT2D eigenvalue weighted by molar-refractivity contribution is 0.613. The van der Waals surface area contributed by atoms with Crippen molar-refractivity contribution < 1.29 is 4.39 Å². The molecule has 2 aromatic carbocycles. The van der Waals surface area contributed by atoms with Crippen molar-refractivity contribution in [1.29, 1.82) is 0 Å². The monoisotopic (exact) mass is 370 g/mol. The highest BCUT2D eigenvalue weighted by atomic mass is 79.9. The van der Waals surface area contributed by atoms with E-state index in [1.54, 1.807) is 6.07 Å². The zero-order valence-electron chi connectivity index (χ0n) is 10.2.